The molecule has 0 spiro atoms. The van der Waals surface area contributed by atoms with Crippen LogP contribution in [0.2, 0.25) is 0 Å². The van der Waals surface area contributed by atoms with E-state index in [1.165, 1.54) is 0 Å². The Balaban J connectivity index is 0.000000362. The Morgan fingerprint density at radius 1 is 1.42 bits per heavy atom. The Labute approximate surface area is 107 Å². The molecular formula is C8H13F4N3O3S. The Morgan fingerprint density at radius 3 is 2.32 bits per heavy atom. The van der Waals surface area contributed by atoms with Crippen LogP contribution in [0.15, 0.2) is 12.5 Å². The van der Waals surface area contributed by atoms with Crippen LogP contribution in [-0.2, 0) is 23.1 Å². The van der Waals surface area contributed by atoms with Crippen molar-refractivity contribution >= 4 is 10.1 Å². The van der Waals surface area contributed by atoms with Gasteiger partial charge < -0.3 is 10.3 Å². The largest absolute Gasteiger partial charge is 0.522 e. The van der Waals surface area contributed by atoms with Gasteiger partial charge in [-0.05, 0) is 6.54 Å². The summed E-state index contributed by atoms with van der Waals surface area (Å²) >= 11 is 0. The van der Waals surface area contributed by atoms with Crippen molar-refractivity contribution < 1.29 is 30.5 Å². The Bertz CT molecular complexity index is 451. The number of aromatic nitrogens is 2. The van der Waals surface area contributed by atoms with Gasteiger partial charge in [-0.15, -0.1) is 0 Å². The number of rotatable bonds is 4. The highest BCUT2D eigenvalue weighted by Crippen LogP contribution is 2.20. The van der Waals surface area contributed by atoms with E-state index in [1.807, 2.05) is 6.20 Å². The fourth-order valence-electron chi connectivity index (χ4n) is 0.903. The molecule has 11 heteroatoms. The predicted octanol–water partition coefficient (Wildman–Crippen LogP) is 0.748. The third kappa shape index (κ3) is 7.08. The highest BCUT2D eigenvalue weighted by Gasteiger charge is 2.44. The first-order valence-corrected chi connectivity index (χ1v) is 6.36. The number of imidazole rings is 1. The second-order valence-corrected chi connectivity index (χ2v) is 4.66. The first-order valence-electron chi connectivity index (χ1n) is 4.92. The van der Waals surface area contributed by atoms with E-state index in [-0.39, 0.29) is 6.67 Å². The smallest absolute Gasteiger partial charge is 0.335 e. The number of halogens is 4. The maximum absolute atomic E-state index is 11.8. The fourth-order valence-corrected chi connectivity index (χ4v) is 0.903. The van der Waals surface area contributed by atoms with Crippen LogP contribution < -0.4 is 5.73 Å². The summed E-state index contributed by atoms with van der Waals surface area (Å²) in [6.07, 6.45) is 4.22. The summed E-state index contributed by atoms with van der Waals surface area (Å²) in [6, 6.07) is 0. The van der Waals surface area contributed by atoms with Gasteiger partial charge in [-0.1, -0.05) is 0 Å². The van der Waals surface area contributed by atoms with Crippen molar-refractivity contribution in [2.24, 2.45) is 5.73 Å². The van der Waals surface area contributed by atoms with Crippen LogP contribution in [0.4, 0.5) is 17.6 Å². The molecule has 1 heterocycles. The summed E-state index contributed by atoms with van der Waals surface area (Å²) in [4.78, 5) is 4.04. The van der Waals surface area contributed by atoms with Crippen LogP contribution in [0, 0.1) is 0 Å². The maximum Gasteiger partial charge on any atom is 0.522 e. The van der Waals surface area contributed by atoms with E-state index in [0.717, 1.165) is 12.1 Å². The van der Waals surface area contributed by atoms with Crippen molar-refractivity contribution in [1.29, 1.82) is 0 Å². The molecule has 0 aliphatic heterocycles. The SMILES string of the molecule is NCCc1cn(CCF)cn1.O=S(=O)(O)C(F)(F)F. The summed E-state index contributed by atoms with van der Waals surface area (Å²) in [7, 11) is -5.84. The molecule has 1 rings (SSSR count). The van der Waals surface area contributed by atoms with E-state index in [9.17, 15) is 17.6 Å². The summed E-state index contributed by atoms with van der Waals surface area (Å²) in [5, 5.41) is 0. The molecule has 19 heavy (non-hydrogen) atoms. The van der Waals surface area contributed by atoms with E-state index in [4.69, 9.17) is 18.7 Å². The van der Waals surface area contributed by atoms with E-state index >= 15 is 0 Å². The van der Waals surface area contributed by atoms with Crippen molar-refractivity contribution in [2.75, 3.05) is 13.2 Å². The van der Waals surface area contributed by atoms with Crippen molar-refractivity contribution in [2.45, 2.75) is 18.5 Å². The number of nitrogens with zero attached hydrogens (tertiary/aromatic N) is 2. The van der Waals surface area contributed by atoms with Crippen LogP contribution in [0.1, 0.15) is 5.69 Å². The van der Waals surface area contributed by atoms with E-state index in [1.54, 1.807) is 10.9 Å². The van der Waals surface area contributed by atoms with Gasteiger partial charge in [0.25, 0.3) is 0 Å². The highest BCUT2D eigenvalue weighted by atomic mass is 32.2. The number of nitrogens with two attached hydrogens (primary N) is 1. The minimum absolute atomic E-state index is 0.349. The molecule has 0 amide bonds. The zero-order chi connectivity index (χ0) is 15.1. The van der Waals surface area contributed by atoms with Gasteiger partial charge in [0.2, 0.25) is 0 Å². The van der Waals surface area contributed by atoms with Crippen molar-refractivity contribution in [3.63, 3.8) is 0 Å². The summed E-state index contributed by atoms with van der Waals surface area (Å²) in [5.74, 6) is 0. The van der Waals surface area contributed by atoms with Crippen molar-refractivity contribution in [3.05, 3.63) is 18.2 Å². The lowest BCUT2D eigenvalue weighted by atomic mass is 10.3. The van der Waals surface area contributed by atoms with Crippen LogP contribution >= 0.6 is 0 Å². The second-order valence-electron chi connectivity index (χ2n) is 3.25. The number of hydrogen-bond donors (Lipinski definition) is 2. The first kappa shape index (κ1) is 17.8. The monoisotopic (exact) mass is 307 g/mol. The van der Waals surface area contributed by atoms with E-state index in [2.05, 4.69) is 4.98 Å². The first-order chi connectivity index (χ1) is 8.61. The molecule has 0 aliphatic carbocycles. The molecule has 0 saturated carbocycles. The topological polar surface area (TPSA) is 98.2 Å². The van der Waals surface area contributed by atoms with Gasteiger partial charge in [0.1, 0.15) is 6.67 Å². The molecular weight excluding hydrogens is 294 g/mol. The van der Waals surface area contributed by atoms with Gasteiger partial charge in [0, 0.05) is 12.6 Å². The molecule has 0 unspecified atom stereocenters. The van der Waals surface area contributed by atoms with E-state index in [0.29, 0.717) is 13.1 Å². The average molecular weight is 307 g/mol. The molecule has 6 nitrogen and oxygen atoms in total. The third-order valence-corrected chi connectivity index (χ3v) is 2.31. The van der Waals surface area contributed by atoms with Gasteiger partial charge in [0.15, 0.2) is 0 Å². The summed E-state index contributed by atoms with van der Waals surface area (Å²) in [6.45, 7) is 0.628. The summed E-state index contributed by atoms with van der Waals surface area (Å²) in [5.41, 5.74) is 0.717. The second kappa shape index (κ2) is 7.40. The normalized spacial score (nSPS) is 11.9. The number of aryl methyl sites for hydroxylation is 1. The molecule has 1 aromatic rings. The lowest BCUT2D eigenvalue weighted by molar-refractivity contribution is -0.0510. The number of hydrogen-bond acceptors (Lipinski definition) is 4. The molecule has 0 radical (unpaired) electrons. The standard InChI is InChI=1S/C7H12FN3.CHF3O3S/c8-2-4-11-5-7(1-3-9)10-6-11;2-1(3,4)8(5,6)7/h5-6H,1-4,9H2;(H,5,6,7). The van der Waals surface area contributed by atoms with Crippen molar-refractivity contribution in [1.82, 2.24) is 9.55 Å². The molecule has 3 N–H and O–H groups in total. The molecule has 0 bridgehead atoms. The zero-order valence-electron chi connectivity index (χ0n) is 9.64. The van der Waals surface area contributed by atoms with Gasteiger partial charge in [-0.3, -0.25) is 4.55 Å². The summed E-state index contributed by atoms with van der Waals surface area (Å²) < 4.78 is 71.1. The zero-order valence-corrected chi connectivity index (χ0v) is 10.5. The van der Waals surface area contributed by atoms with Gasteiger partial charge >= 0.3 is 15.6 Å². The molecule has 0 atom stereocenters. The van der Waals surface area contributed by atoms with Crippen molar-refractivity contribution in [3.8, 4) is 0 Å². The Hall–Kier alpha value is -1.20. The third-order valence-electron chi connectivity index (χ3n) is 1.72. The number of alkyl halides is 4. The van der Waals surface area contributed by atoms with E-state index < -0.39 is 15.6 Å². The molecule has 1 aromatic heterocycles. The van der Waals surface area contributed by atoms with Gasteiger partial charge in [0.05, 0.1) is 18.6 Å². The van der Waals surface area contributed by atoms with Crippen LogP contribution in [0.5, 0.6) is 0 Å². The molecule has 112 valence electrons. The van der Waals surface area contributed by atoms with Crippen LogP contribution in [0.25, 0.3) is 0 Å². The lowest BCUT2D eigenvalue weighted by Crippen LogP contribution is -2.21. The fraction of sp³-hybridized carbons (Fsp3) is 0.625. The minimum Gasteiger partial charge on any atom is -0.335 e. The molecule has 0 fully saturated rings. The van der Waals surface area contributed by atoms with Crippen LogP contribution in [-0.4, -0.2) is 41.2 Å². The average Bonchev–Trinajstić information content (AvgIpc) is 2.65. The van der Waals surface area contributed by atoms with Gasteiger partial charge in [-0.25, -0.2) is 9.37 Å². The van der Waals surface area contributed by atoms with Gasteiger partial charge in [-0.2, -0.15) is 21.6 Å². The van der Waals surface area contributed by atoms with Crippen LogP contribution in [0.3, 0.4) is 0 Å². The highest BCUT2D eigenvalue weighted by molar-refractivity contribution is 7.86. The molecule has 0 aromatic carbocycles. The minimum atomic E-state index is -5.84. The Morgan fingerprint density at radius 2 is 1.95 bits per heavy atom. The Kier molecular flexibility index (Phi) is 6.94. The maximum atomic E-state index is 11.8. The quantitative estimate of drug-likeness (QED) is 0.486. The molecule has 0 aliphatic rings. The lowest BCUT2D eigenvalue weighted by Gasteiger charge is -1.97. The molecule has 0 saturated heterocycles. The predicted molar refractivity (Wildman–Crippen MR) is 58.6 cm³/mol.